The summed E-state index contributed by atoms with van der Waals surface area (Å²) >= 11 is 0. The molecule has 1 atom stereocenters. The van der Waals surface area contributed by atoms with E-state index in [4.69, 9.17) is 0 Å². The molecule has 0 radical (unpaired) electrons. The van der Waals surface area contributed by atoms with Crippen LogP contribution in [-0.2, 0) is 19.0 Å². The average molecular weight is 482 g/mol. The van der Waals surface area contributed by atoms with Gasteiger partial charge in [-0.2, -0.15) is 61.5 Å². The molecule has 0 fully saturated rings. The second-order valence-corrected chi connectivity index (χ2v) is 5.07. The molecule has 0 bridgehead atoms. The van der Waals surface area contributed by atoms with Crippen molar-refractivity contribution >= 4 is 5.97 Å². The van der Waals surface area contributed by atoms with E-state index in [0.29, 0.717) is 0 Å². The predicted octanol–water partition coefficient (Wildman–Crippen LogP) is 4.70. The Kier molecular flexibility index (Phi) is 8.18. The van der Waals surface area contributed by atoms with Gasteiger partial charge in [-0.05, 0) is 0 Å². The monoisotopic (exact) mass is 482 g/mol. The number of alkyl halides is 14. The smallest absolute Gasteiger partial charge is 0.458 e. The second-order valence-electron chi connectivity index (χ2n) is 5.07. The highest BCUT2D eigenvalue weighted by Crippen LogP contribution is 2.49. The lowest BCUT2D eigenvalue weighted by molar-refractivity contribution is -0.454. The van der Waals surface area contributed by atoms with Gasteiger partial charge in [0, 0.05) is 6.08 Å². The van der Waals surface area contributed by atoms with E-state index in [9.17, 15) is 66.3 Å². The SMILES string of the molecule is C=CC(=O)OC[C@H](COC(F)(C(F)(F)F)C(F)(F)F)OC(F)(C(F)(F)F)C(F)(F)F. The third kappa shape index (κ3) is 6.08. The molecule has 30 heavy (non-hydrogen) atoms. The van der Waals surface area contributed by atoms with Crippen LogP contribution in [0.2, 0.25) is 0 Å². The first kappa shape index (κ1) is 28.1. The third-order valence-electron chi connectivity index (χ3n) is 2.83. The first-order valence-electron chi connectivity index (χ1n) is 6.79. The van der Waals surface area contributed by atoms with Gasteiger partial charge in [0.1, 0.15) is 12.7 Å². The molecule has 4 nitrogen and oxygen atoms in total. The highest BCUT2D eigenvalue weighted by Gasteiger charge is 2.76. The van der Waals surface area contributed by atoms with Gasteiger partial charge in [-0.25, -0.2) is 4.79 Å². The molecule has 0 rings (SSSR count). The fraction of sp³-hybridized carbons (Fsp3) is 0.750. The number of carbonyl (C=O) groups is 1. The summed E-state index contributed by atoms with van der Waals surface area (Å²) in [7, 11) is 0. The summed E-state index contributed by atoms with van der Waals surface area (Å²) in [6.07, 6.45) is -31.0. The molecule has 0 aliphatic heterocycles. The van der Waals surface area contributed by atoms with Crippen LogP contribution in [0.4, 0.5) is 61.5 Å². The van der Waals surface area contributed by atoms with Gasteiger partial charge in [0.15, 0.2) is 0 Å². The summed E-state index contributed by atoms with van der Waals surface area (Å²) in [4.78, 5) is 10.8. The summed E-state index contributed by atoms with van der Waals surface area (Å²) < 4.78 is 185. The normalized spacial score (nSPS) is 15.7. The van der Waals surface area contributed by atoms with Crippen LogP contribution in [0, 0.1) is 0 Å². The molecule has 0 aromatic rings. The van der Waals surface area contributed by atoms with Crippen molar-refractivity contribution in [2.24, 2.45) is 0 Å². The Balaban J connectivity index is 5.96. The summed E-state index contributed by atoms with van der Waals surface area (Å²) in [6.45, 7) is -2.04. The number of ether oxygens (including phenoxy) is 3. The van der Waals surface area contributed by atoms with Crippen LogP contribution < -0.4 is 0 Å². The summed E-state index contributed by atoms with van der Waals surface area (Å²) in [5, 5.41) is 0. The van der Waals surface area contributed by atoms with Gasteiger partial charge < -0.3 is 14.2 Å². The molecule has 0 heterocycles. The van der Waals surface area contributed by atoms with Crippen LogP contribution in [0.1, 0.15) is 0 Å². The lowest BCUT2D eigenvalue weighted by Crippen LogP contribution is -2.59. The molecule has 0 saturated carbocycles. The van der Waals surface area contributed by atoms with Crippen molar-refractivity contribution in [3.05, 3.63) is 12.7 Å². The van der Waals surface area contributed by atoms with Crippen LogP contribution in [0.3, 0.4) is 0 Å². The lowest BCUT2D eigenvalue weighted by atomic mass is 10.2. The molecule has 0 spiro atoms. The first-order chi connectivity index (χ1) is 13.0. The molecule has 0 aliphatic rings. The van der Waals surface area contributed by atoms with Crippen molar-refractivity contribution in [3.8, 4) is 0 Å². The molecule has 0 aliphatic carbocycles. The number of halogens is 14. The molecule has 18 heteroatoms. The van der Waals surface area contributed by atoms with Crippen molar-refractivity contribution in [2.75, 3.05) is 13.2 Å². The zero-order valence-corrected chi connectivity index (χ0v) is 13.7. The van der Waals surface area contributed by atoms with Crippen LogP contribution in [0.15, 0.2) is 12.7 Å². The van der Waals surface area contributed by atoms with Crippen molar-refractivity contribution in [1.29, 1.82) is 0 Å². The fourth-order valence-electron chi connectivity index (χ4n) is 1.41. The maximum Gasteiger partial charge on any atom is 0.458 e. The number of rotatable bonds is 8. The number of hydrogen-bond acceptors (Lipinski definition) is 4. The summed E-state index contributed by atoms with van der Waals surface area (Å²) in [6, 6.07) is 0. The van der Waals surface area contributed by atoms with Gasteiger partial charge in [-0.3, -0.25) is 0 Å². The minimum absolute atomic E-state index is 0.207. The minimum atomic E-state index is -6.97. The Morgan fingerprint density at radius 2 is 1.07 bits per heavy atom. The molecule has 0 aromatic carbocycles. The van der Waals surface area contributed by atoms with Gasteiger partial charge in [-0.1, -0.05) is 6.58 Å². The van der Waals surface area contributed by atoms with E-state index in [-0.39, 0.29) is 6.08 Å². The average Bonchev–Trinajstić information content (AvgIpc) is 2.52. The van der Waals surface area contributed by atoms with E-state index in [1.807, 2.05) is 0 Å². The molecule has 0 aromatic heterocycles. The highest BCUT2D eigenvalue weighted by atomic mass is 19.4. The standard InChI is InChI=1S/C12H8F14O4/c1-2-6(27)28-3-5(30-8(14,11(21,22)23)12(24,25)26)4-29-7(13,9(15,16)17)10(18,19)20/h2,5H,1,3-4H2/t5-/m1/s1. The number of hydrogen-bond donors (Lipinski definition) is 0. The van der Waals surface area contributed by atoms with Gasteiger partial charge >= 0.3 is 42.4 Å². The maximum atomic E-state index is 13.5. The Labute approximate surface area is 156 Å². The molecule has 0 saturated heterocycles. The zero-order valence-electron chi connectivity index (χ0n) is 13.7. The van der Waals surface area contributed by atoms with Crippen molar-refractivity contribution < 1.29 is 80.5 Å². The first-order valence-corrected chi connectivity index (χ1v) is 6.79. The second kappa shape index (κ2) is 8.72. The Hall–Kier alpha value is -1.85. The molecule has 0 amide bonds. The van der Waals surface area contributed by atoms with Crippen molar-refractivity contribution in [3.63, 3.8) is 0 Å². The predicted molar refractivity (Wildman–Crippen MR) is 63.9 cm³/mol. The van der Waals surface area contributed by atoms with E-state index >= 15 is 0 Å². The van der Waals surface area contributed by atoms with E-state index in [1.165, 1.54) is 0 Å². The van der Waals surface area contributed by atoms with Crippen molar-refractivity contribution in [2.45, 2.75) is 42.5 Å². The summed E-state index contributed by atoms with van der Waals surface area (Å²) in [5.74, 6) is -14.9. The fourth-order valence-corrected chi connectivity index (χ4v) is 1.41. The Bertz CT molecular complexity index is 574. The Morgan fingerprint density at radius 3 is 1.37 bits per heavy atom. The molecule has 0 N–H and O–H groups in total. The molecular formula is C12H8F14O4. The van der Waals surface area contributed by atoms with Crippen molar-refractivity contribution in [1.82, 2.24) is 0 Å². The largest absolute Gasteiger partial charge is 0.460 e. The zero-order chi connectivity index (χ0) is 24.4. The molecule has 0 unspecified atom stereocenters. The van der Waals surface area contributed by atoms with Gasteiger partial charge in [0.05, 0.1) is 6.61 Å². The number of carbonyl (C=O) groups excluding carboxylic acids is 1. The van der Waals surface area contributed by atoms with E-state index < -0.39 is 61.7 Å². The molecular weight excluding hydrogens is 474 g/mol. The van der Waals surface area contributed by atoms with Gasteiger partial charge in [-0.15, -0.1) is 0 Å². The lowest BCUT2D eigenvalue weighted by Gasteiger charge is -2.34. The van der Waals surface area contributed by atoms with Crippen LogP contribution >= 0.6 is 0 Å². The highest BCUT2D eigenvalue weighted by molar-refractivity contribution is 5.81. The van der Waals surface area contributed by atoms with Gasteiger partial charge in [0.25, 0.3) is 0 Å². The van der Waals surface area contributed by atoms with E-state index in [2.05, 4.69) is 20.8 Å². The Morgan fingerprint density at radius 1 is 0.700 bits per heavy atom. The maximum absolute atomic E-state index is 13.5. The topological polar surface area (TPSA) is 44.8 Å². The van der Waals surface area contributed by atoms with E-state index in [1.54, 1.807) is 0 Å². The van der Waals surface area contributed by atoms with Gasteiger partial charge in [0.2, 0.25) is 0 Å². The van der Waals surface area contributed by atoms with E-state index in [0.717, 1.165) is 0 Å². The minimum Gasteiger partial charge on any atom is -0.460 e. The van der Waals surface area contributed by atoms with Crippen LogP contribution in [-0.4, -0.2) is 61.7 Å². The van der Waals surface area contributed by atoms with Crippen LogP contribution in [0.5, 0.6) is 0 Å². The van der Waals surface area contributed by atoms with Crippen LogP contribution in [0.25, 0.3) is 0 Å². The molecule has 178 valence electrons. The summed E-state index contributed by atoms with van der Waals surface area (Å²) in [5.41, 5.74) is 0. The number of esters is 1. The quantitative estimate of drug-likeness (QED) is 0.286. The third-order valence-corrected chi connectivity index (χ3v) is 2.83.